The topological polar surface area (TPSA) is 90.3 Å². The molecule has 38 heavy (non-hydrogen) atoms. The van der Waals surface area contributed by atoms with Gasteiger partial charge in [0.25, 0.3) is 11.7 Å². The number of hydrogen-bond donors (Lipinski definition) is 2. The number of ketones is 1. The highest BCUT2D eigenvalue weighted by Gasteiger charge is 2.47. The zero-order valence-electron chi connectivity index (χ0n) is 21.5. The molecule has 3 aromatic carbocycles. The third-order valence-electron chi connectivity index (χ3n) is 6.65. The lowest BCUT2D eigenvalue weighted by molar-refractivity contribution is -0.132. The maximum Gasteiger partial charge on any atom is 0.300 e. The van der Waals surface area contributed by atoms with Crippen molar-refractivity contribution < 1.29 is 24.5 Å². The van der Waals surface area contributed by atoms with Crippen molar-refractivity contribution in [2.45, 2.75) is 26.8 Å². The minimum Gasteiger partial charge on any atom is -0.507 e. The van der Waals surface area contributed by atoms with Crippen LogP contribution in [0.15, 0.2) is 60.2 Å². The van der Waals surface area contributed by atoms with Gasteiger partial charge in [0.05, 0.1) is 34.5 Å². The number of benzene rings is 3. The summed E-state index contributed by atoms with van der Waals surface area (Å²) in [4.78, 5) is 30.3. The highest BCUT2D eigenvalue weighted by Crippen LogP contribution is 2.46. The summed E-state index contributed by atoms with van der Waals surface area (Å²) in [6.45, 7) is 7.54. The predicted octanol–water partition coefficient (Wildman–Crippen LogP) is 6.49. The second kappa shape index (κ2) is 11.0. The van der Waals surface area contributed by atoms with E-state index in [1.807, 2.05) is 31.2 Å². The largest absolute Gasteiger partial charge is 0.507 e. The number of anilines is 2. The molecule has 1 atom stereocenters. The van der Waals surface area contributed by atoms with Gasteiger partial charge >= 0.3 is 0 Å². The molecule has 2 N–H and O–H groups in total. The number of ether oxygens (including phenoxy) is 1. The summed E-state index contributed by atoms with van der Waals surface area (Å²) >= 11 is 12.6. The van der Waals surface area contributed by atoms with E-state index in [2.05, 4.69) is 18.7 Å². The Hall–Kier alpha value is -3.68. The van der Waals surface area contributed by atoms with Crippen LogP contribution < -0.4 is 14.5 Å². The van der Waals surface area contributed by atoms with Crippen molar-refractivity contribution in [3.63, 3.8) is 0 Å². The predicted molar refractivity (Wildman–Crippen MR) is 151 cm³/mol. The molecule has 0 saturated carbocycles. The average Bonchev–Trinajstić information content (AvgIpc) is 3.16. The van der Waals surface area contributed by atoms with Gasteiger partial charge in [0.15, 0.2) is 5.75 Å². The number of methoxy groups -OCH3 is 1. The van der Waals surface area contributed by atoms with E-state index in [0.717, 1.165) is 24.3 Å². The molecule has 1 aliphatic rings. The van der Waals surface area contributed by atoms with Crippen LogP contribution >= 0.6 is 23.2 Å². The number of carbonyl (C=O) groups is 2. The zero-order chi connectivity index (χ0) is 27.7. The van der Waals surface area contributed by atoms with E-state index in [-0.39, 0.29) is 38.4 Å². The molecule has 1 aliphatic heterocycles. The van der Waals surface area contributed by atoms with Gasteiger partial charge in [-0.05, 0) is 68.3 Å². The van der Waals surface area contributed by atoms with Gasteiger partial charge in [-0.3, -0.25) is 14.5 Å². The molecule has 3 aromatic rings. The third kappa shape index (κ3) is 4.79. The van der Waals surface area contributed by atoms with Crippen LogP contribution in [-0.4, -0.2) is 42.1 Å². The lowest BCUT2D eigenvalue weighted by Gasteiger charge is -2.27. The van der Waals surface area contributed by atoms with E-state index in [4.69, 9.17) is 27.9 Å². The molecular formula is C29H28Cl2N2O5. The number of phenols is 1. The number of rotatable bonds is 7. The minimum atomic E-state index is -1.02. The van der Waals surface area contributed by atoms with Gasteiger partial charge in [0.1, 0.15) is 11.5 Å². The van der Waals surface area contributed by atoms with E-state index in [1.165, 1.54) is 30.2 Å². The number of hydrogen-bond acceptors (Lipinski definition) is 6. The first-order valence-electron chi connectivity index (χ1n) is 12.1. The molecule has 0 aliphatic carbocycles. The Balaban J connectivity index is 1.96. The van der Waals surface area contributed by atoms with Crippen LogP contribution in [0.25, 0.3) is 5.76 Å². The summed E-state index contributed by atoms with van der Waals surface area (Å²) < 4.78 is 5.19. The lowest BCUT2D eigenvalue weighted by atomic mass is 9.94. The number of halogens is 2. The summed E-state index contributed by atoms with van der Waals surface area (Å²) in [6, 6.07) is 14.0. The molecule has 0 radical (unpaired) electrons. The summed E-state index contributed by atoms with van der Waals surface area (Å²) in [7, 11) is 1.41. The fraction of sp³-hybridized carbons (Fsp3) is 0.241. The molecule has 4 rings (SSSR count). The number of Topliss-reactive ketones (excluding diaryl/α,β-unsaturated/α-hetero) is 1. The summed E-state index contributed by atoms with van der Waals surface area (Å²) in [5.41, 5.74) is 2.50. The first-order chi connectivity index (χ1) is 18.1. The Labute approximate surface area is 231 Å². The number of nitrogens with zero attached hydrogens (tertiary/aromatic N) is 2. The number of aromatic hydroxyl groups is 1. The van der Waals surface area contributed by atoms with E-state index < -0.39 is 23.5 Å². The number of aliphatic hydroxyl groups is 1. The second-order valence-electron chi connectivity index (χ2n) is 8.90. The number of carbonyl (C=O) groups excluding carboxylic acids is 2. The van der Waals surface area contributed by atoms with Crippen molar-refractivity contribution in [2.75, 3.05) is 30.0 Å². The molecule has 1 amide bonds. The number of phenolic OH excluding ortho intramolecular Hbond substituents is 1. The maximum atomic E-state index is 13.5. The van der Waals surface area contributed by atoms with Crippen LogP contribution in [0.3, 0.4) is 0 Å². The van der Waals surface area contributed by atoms with Crippen LogP contribution in [0.2, 0.25) is 10.0 Å². The lowest BCUT2D eigenvalue weighted by Crippen LogP contribution is -2.29. The van der Waals surface area contributed by atoms with Crippen molar-refractivity contribution >= 4 is 52.0 Å². The van der Waals surface area contributed by atoms with Crippen molar-refractivity contribution in [1.29, 1.82) is 0 Å². The van der Waals surface area contributed by atoms with Gasteiger partial charge in [0, 0.05) is 24.3 Å². The summed E-state index contributed by atoms with van der Waals surface area (Å²) in [5, 5.41) is 22.4. The average molecular weight is 555 g/mol. The molecule has 1 unspecified atom stereocenters. The first kappa shape index (κ1) is 27.4. The van der Waals surface area contributed by atoms with E-state index >= 15 is 0 Å². The van der Waals surface area contributed by atoms with E-state index in [9.17, 15) is 19.8 Å². The molecule has 1 heterocycles. The van der Waals surface area contributed by atoms with Gasteiger partial charge in [-0.25, -0.2) is 0 Å². The number of amides is 1. The minimum absolute atomic E-state index is 0.132. The van der Waals surface area contributed by atoms with Crippen molar-refractivity contribution in [3.05, 3.63) is 86.9 Å². The number of aryl methyl sites for hydroxylation is 1. The van der Waals surface area contributed by atoms with Gasteiger partial charge < -0.3 is 19.8 Å². The molecule has 1 saturated heterocycles. The first-order valence-corrected chi connectivity index (χ1v) is 12.9. The fourth-order valence-electron chi connectivity index (χ4n) is 4.73. The maximum absolute atomic E-state index is 13.5. The smallest absolute Gasteiger partial charge is 0.300 e. The molecular weight excluding hydrogens is 527 g/mol. The highest BCUT2D eigenvalue weighted by molar-refractivity contribution is 6.52. The molecule has 7 nitrogen and oxygen atoms in total. The Morgan fingerprint density at radius 2 is 1.61 bits per heavy atom. The third-order valence-corrected chi connectivity index (χ3v) is 7.21. The summed E-state index contributed by atoms with van der Waals surface area (Å²) in [6.07, 6.45) is 0. The van der Waals surface area contributed by atoms with Crippen molar-refractivity contribution in [2.24, 2.45) is 0 Å². The molecule has 0 bridgehead atoms. The molecule has 1 fully saturated rings. The molecule has 0 aromatic heterocycles. The Morgan fingerprint density at radius 3 is 2.16 bits per heavy atom. The molecule has 198 valence electrons. The zero-order valence-corrected chi connectivity index (χ0v) is 23.0. The van der Waals surface area contributed by atoms with Crippen LogP contribution in [-0.2, 0) is 9.59 Å². The van der Waals surface area contributed by atoms with E-state index in [1.54, 1.807) is 12.1 Å². The monoisotopic (exact) mass is 554 g/mol. The Morgan fingerprint density at radius 1 is 1.00 bits per heavy atom. The van der Waals surface area contributed by atoms with Crippen LogP contribution in [0, 0.1) is 6.92 Å². The normalized spacial score (nSPS) is 16.7. The highest BCUT2D eigenvalue weighted by atomic mass is 35.5. The standard InChI is InChI=1S/C29H28Cl2N2O5/c1-5-32(6-2)19-10-8-17(9-11-19)25-24(26(35)18-14-20(30)28(38-4)21(31)15-18)27(36)29(37)33(25)22-13-16(3)7-12-23(22)34/h7-15,25,34-35H,5-6H2,1-4H3/b26-24+. The number of aliphatic hydroxyl groups excluding tert-OH is 1. The van der Waals surface area contributed by atoms with Crippen LogP contribution in [0.5, 0.6) is 11.5 Å². The SMILES string of the molecule is CCN(CC)c1ccc(C2/C(=C(\O)c3cc(Cl)c(OC)c(Cl)c3)C(=O)C(=O)N2c2cc(C)ccc2O)cc1. The Bertz CT molecular complexity index is 1410. The Kier molecular flexibility index (Phi) is 7.90. The van der Waals surface area contributed by atoms with Gasteiger partial charge in [0.2, 0.25) is 0 Å². The second-order valence-corrected chi connectivity index (χ2v) is 9.71. The van der Waals surface area contributed by atoms with Gasteiger partial charge in [-0.15, -0.1) is 0 Å². The quantitative estimate of drug-likeness (QED) is 0.197. The van der Waals surface area contributed by atoms with Gasteiger partial charge in [-0.2, -0.15) is 0 Å². The van der Waals surface area contributed by atoms with Crippen LogP contribution in [0.4, 0.5) is 11.4 Å². The molecule has 0 spiro atoms. The molecule has 9 heteroatoms. The van der Waals surface area contributed by atoms with Crippen molar-refractivity contribution in [1.82, 2.24) is 0 Å². The van der Waals surface area contributed by atoms with Gasteiger partial charge in [-0.1, -0.05) is 41.4 Å². The van der Waals surface area contributed by atoms with Crippen molar-refractivity contribution in [3.8, 4) is 11.5 Å². The van der Waals surface area contributed by atoms with Crippen LogP contribution in [0.1, 0.15) is 36.6 Å². The summed E-state index contributed by atoms with van der Waals surface area (Å²) in [5.74, 6) is -2.17. The fourth-order valence-corrected chi connectivity index (χ4v) is 5.37. The van der Waals surface area contributed by atoms with E-state index in [0.29, 0.717) is 5.56 Å².